The van der Waals surface area contributed by atoms with Crippen molar-refractivity contribution in [2.75, 3.05) is 6.61 Å². The van der Waals surface area contributed by atoms with Gasteiger partial charge in [0.15, 0.2) is 0 Å². The maximum Gasteiger partial charge on any atom is 0.249 e. The summed E-state index contributed by atoms with van der Waals surface area (Å²) in [6.45, 7) is 4.25. The Kier molecular flexibility index (Phi) is 41.6. The summed E-state index contributed by atoms with van der Waals surface area (Å²) in [6, 6.07) is -0.705. The molecule has 3 unspecified atom stereocenters. The lowest BCUT2D eigenvalue weighted by Gasteiger charge is -2.23. The molecule has 0 bridgehead atoms. The zero-order chi connectivity index (χ0) is 37.3. The highest BCUT2D eigenvalue weighted by Gasteiger charge is 2.23. The molecule has 51 heavy (non-hydrogen) atoms. The molecule has 0 aliphatic rings. The molecule has 0 aliphatic heterocycles. The van der Waals surface area contributed by atoms with Crippen molar-refractivity contribution in [3.05, 3.63) is 0 Å². The molecular formula is C46H93NO4. The van der Waals surface area contributed by atoms with Gasteiger partial charge in [0.05, 0.1) is 18.8 Å². The Morgan fingerprint density at radius 3 is 0.882 bits per heavy atom. The summed E-state index contributed by atoms with van der Waals surface area (Å²) in [5.41, 5.74) is 0. The van der Waals surface area contributed by atoms with Crippen molar-refractivity contribution in [3.63, 3.8) is 0 Å². The Morgan fingerprint density at radius 2 is 0.627 bits per heavy atom. The van der Waals surface area contributed by atoms with Gasteiger partial charge >= 0.3 is 0 Å². The van der Waals surface area contributed by atoms with Crippen LogP contribution >= 0.6 is 0 Å². The minimum absolute atomic E-state index is 0.308. The molecule has 0 radical (unpaired) electrons. The number of hydrogen-bond donors (Lipinski definition) is 4. The third-order valence-electron chi connectivity index (χ3n) is 11.2. The second kappa shape index (κ2) is 42.1. The van der Waals surface area contributed by atoms with Crippen LogP contribution < -0.4 is 5.32 Å². The van der Waals surface area contributed by atoms with E-state index >= 15 is 0 Å². The minimum Gasteiger partial charge on any atom is -0.394 e. The molecule has 5 heteroatoms. The summed E-state index contributed by atoms with van der Waals surface area (Å²) in [5, 5.41) is 33.4. The van der Waals surface area contributed by atoms with E-state index in [1.807, 2.05) is 0 Å². The fourth-order valence-electron chi connectivity index (χ4n) is 7.55. The normalized spacial score (nSPS) is 13.4. The van der Waals surface area contributed by atoms with Gasteiger partial charge in [0.1, 0.15) is 6.10 Å². The highest BCUT2D eigenvalue weighted by atomic mass is 16.3. The van der Waals surface area contributed by atoms with E-state index in [0.717, 1.165) is 32.1 Å². The maximum atomic E-state index is 12.5. The van der Waals surface area contributed by atoms with Crippen LogP contribution in [0.5, 0.6) is 0 Å². The van der Waals surface area contributed by atoms with Crippen LogP contribution in [0.2, 0.25) is 0 Å². The summed E-state index contributed by atoms with van der Waals surface area (Å²) < 4.78 is 0. The van der Waals surface area contributed by atoms with Crippen LogP contribution in [-0.4, -0.2) is 46.1 Å². The molecule has 0 saturated heterocycles. The topological polar surface area (TPSA) is 89.8 Å². The van der Waals surface area contributed by atoms with Crippen LogP contribution in [-0.2, 0) is 4.79 Å². The SMILES string of the molecule is CCCCCCCCCCCCCCCCCCCCCCCCC(O)C(CO)NC(=O)C(O)CCCCCCCCCCCCCCCCC. The predicted molar refractivity (Wildman–Crippen MR) is 222 cm³/mol. The van der Waals surface area contributed by atoms with Crippen LogP contribution in [0.1, 0.15) is 264 Å². The van der Waals surface area contributed by atoms with Crippen molar-refractivity contribution >= 4 is 5.91 Å². The molecular weight excluding hydrogens is 631 g/mol. The van der Waals surface area contributed by atoms with E-state index in [2.05, 4.69) is 19.2 Å². The number of unbranched alkanes of at least 4 members (excludes halogenated alkanes) is 35. The van der Waals surface area contributed by atoms with Crippen LogP contribution in [0.3, 0.4) is 0 Å². The largest absolute Gasteiger partial charge is 0.394 e. The van der Waals surface area contributed by atoms with Gasteiger partial charge in [0.25, 0.3) is 0 Å². The van der Waals surface area contributed by atoms with Crippen molar-refractivity contribution < 1.29 is 20.1 Å². The first-order valence-electron chi connectivity index (χ1n) is 23.3. The molecule has 3 atom stereocenters. The van der Waals surface area contributed by atoms with E-state index in [0.29, 0.717) is 12.8 Å². The smallest absolute Gasteiger partial charge is 0.249 e. The first kappa shape index (κ1) is 50.4. The first-order valence-corrected chi connectivity index (χ1v) is 23.3. The van der Waals surface area contributed by atoms with Crippen molar-refractivity contribution in [1.82, 2.24) is 5.32 Å². The van der Waals surface area contributed by atoms with Gasteiger partial charge in [-0.2, -0.15) is 0 Å². The first-order chi connectivity index (χ1) is 25.1. The molecule has 0 saturated carbocycles. The summed E-state index contributed by atoms with van der Waals surface area (Å²) in [5.74, 6) is -0.465. The average Bonchev–Trinajstić information content (AvgIpc) is 3.13. The Balaban J connectivity index is 3.55. The quantitative estimate of drug-likeness (QED) is 0.0472. The van der Waals surface area contributed by atoms with E-state index in [9.17, 15) is 20.1 Å². The highest BCUT2D eigenvalue weighted by Crippen LogP contribution is 2.17. The van der Waals surface area contributed by atoms with Crippen molar-refractivity contribution in [3.8, 4) is 0 Å². The molecule has 306 valence electrons. The van der Waals surface area contributed by atoms with Crippen LogP contribution in [0.15, 0.2) is 0 Å². The molecule has 0 aromatic rings. The van der Waals surface area contributed by atoms with Crippen LogP contribution in [0.4, 0.5) is 0 Å². The van der Waals surface area contributed by atoms with Gasteiger partial charge in [-0.1, -0.05) is 251 Å². The second-order valence-electron chi connectivity index (χ2n) is 16.3. The number of nitrogens with one attached hydrogen (secondary N) is 1. The molecule has 0 aliphatic carbocycles. The minimum atomic E-state index is -1.07. The Labute approximate surface area is 319 Å². The molecule has 0 fully saturated rings. The van der Waals surface area contributed by atoms with E-state index in [4.69, 9.17) is 0 Å². The zero-order valence-electron chi connectivity index (χ0n) is 34.8. The van der Waals surface area contributed by atoms with Gasteiger partial charge in [0, 0.05) is 0 Å². The van der Waals surface area contributed by atoms with E-state index < -0.39 is 24.2 Å². The standard InChI is InChI=1S/C46H93NO4/c1-3-5-7-9-11-13-15-17-19-20-21-22-23-24-25-27-28-30-32-34-36-38-40-44(49)43(42-48)47-46(51)45(50)41-39-37-35-33-31-29-26-18-16-14-12-10-8-6-4-2/h43-45,48-50H,3-42H2,1-2H3,(H,47,51). The van der Waals surface area contributed by atoms with Crippen molar-refractivity contribution in [1.29, 1.82) is 0 Å². The van der Waals surface area contributed by atoms with E-state index in [1.54, 1.807) is 0 Å². The summed E-state index contributed by atoms with van der Waals surface area (Å²) in [7, 11) is 0. The lowest BCUT2D eigenvalue weighted by atomic mass is 10.0. The average molecular weight is 724 g/mol. The summed E-state index contributed by atoms with van der Waals surface area (Å²) in [6.07, 6.45) is 48.2. The number of aliphatic hydroxyl groups excluding tert-OH is 3. The summed E-state index contributed by atoms with van der Waals surface area (Å²) >= 11 is 0. The van der Waals surface area contributed by atoms with Crippen molar-refractivity contribution in [2.24, 2.45) is 0 Å². The Morgan fingerprint density at radius 1 is 0.392 bits per heavy atom. The number of rotatable bonds is 43. The Bertz CT molecular complexity index is 674. The second-order valence-corrected chi connectivity index (χ2v) is 16.3. The monoisotopic (exact) mass is 724 g/mol. The molecule has 0 rings (SSSR count). The lowest BCUT2D eigenvalue weighted by Crippen LogP contribution is -2.49. The number of aliphatic hydroxyl groups is 3. The maximum absolute atomic E-state index is 12.5. The number of amides is 1. The van der Waals surface area contributed by atoms with Crippen molar-refractivity contribution in [2.45, 2.75) is 283 Å². The fourth-order valence-corrected chi connectivity index (χ4v) is 7.55. The molecule has 0 spiro atoms. The van der Waals surface area contributed by atoms with Gasteiger partial charge in [-0.25, -0.2) is 0 Å². The van der Waals surface area contributed by atoms with E-state index in [1.165, 1.54) is 205 Å². The van der Waals surface area contributed by atoms with Gasteiger partial charge in [-0.05, 0) is 12.8 Å². The number of carbonyl (C=O) groups excluding carboxylic acids is 1. The number of hydrogen-bond acceptors (Lipinski definition) is 4. The van der Waals surface area contributed by atoms with Crippen LogP contribution in [0.25, 0.3) is 0 Å². The molecule has 0 heterocycles. The third kappa shape index (κ3) is 37.5. The third-order valence-corrected chi connectivity index (χ3v) is 11.2. The highest BCUT2D eigenvalue weighted by molar-refractivity contribution is 5.80. The Hall–Kier alpha value is -0.650. The van der Waals surface area contributed by atoms with Crippen LogP contribution in [0, 0.1) is 0 Å². The molecule has 4 N–H and O–H groups in total. The molecule has 5 nitrogen and oxygen atoms in total. The van der Waals surface area contributed by atoms with Gasteiger partial charge in [0.2, 0.25) is 5.91 Å². The lowest BCUT2D eigenvalue weighted by molar-refractivity contribution is -0.131. The zero-order valence-corrected chi connectivity index (χ0v) is 34.8. The van der Waals surface area contributed by atoms with Gasteiger partial charge in [-0.15, -0.1) is 0 Å². The fraction of sp³-hybridized carbons (Fsp3) is 0.978. The van der Waals surface area contributed by atoms with Gasteiger partial charge < -0.3 is 20.6 Å². The predicted octanol–water partition coefficient (Wildman–Crippen LogP) is 13.4. The van der Waals surface area contributed by atoms with E-state index in [-0.39, 0.29) is 6.61 Å². The summed E-state index contributed by atoms with van der Waals surface area (Å²) in [4.78, 5) is 12.5. The number of carbonyl (C=O) groups is 1. The van der Waals surface area contributed by atoms with Gasteiger partial charge in [-0.3, -0.25) is 4.79 Å². The molecule has 1 amide bonds. The molecule has 0 aromatic heterocycles. The molecule has 0 aromatic carbocycles.